The highest BCUT2D eigenvalue weighted by molar-refractivity contribution is 7.89. The van der Waals surface area contributed by atoms with Crippen molar-refractivity contribution in [1.29, 1.82) is 0 Å². The van der Waals surface area contributed by atoms with Gasteiger partial charge in [0.2, 0.25) is 10.0 Å². The summed E-state index contributed by atoms with van der Waals surface area (Å²) in [6.07, 6.45) is 0.581. The molecule has 0 aliphatic carbocycles. The van der Waals surface area contributed by atoms with Crippen molar-refractivity contribution in [2.24, 2.45) is 0 Å². The van der Waals surface area contributed by atoms with Gasteiger partial charge in [-0.05, 0) is 31.2 Å². The first-order chi connectivity index (χ1) is 9.43. The van der Waals surface area contributed by atoms with Crippen LogP contribution in [0.1, 0.15) is 21.9 Å². The lowest BCUT2D eigenvalue weighted by Gasteiger charge is -2.16. The normalized spacial score (nSPS) is 11.8. The second-order valence-electron chi connectivity index (χ2n) is 4.50. The molecule has 1 aromatic carbocycles. The Hall–Kier alpha value is -1.92. The van der Waals surface area contributed by atoms with E-state index in [2.05, 4.69) is 0 Å². The molecule has 0 amide bonds. The van der Waals surface area contributed by atoms with E-state index in [0.717, 1.165) is 5.56 Å². The minimum absolute atomic E-state index is 0.0735. The Kier molecular flexibility index (Phi) is 4.06. The summed E-state index contributed by atoms with van der Waals surface area (Å²) in [5, 5.41) is 0. The monoisotopic (exact) mass is 293 g/mol. The van der Waals surface area contributed by atoms with Gasteiger partial charge in [0, 0.05) is 7.05 Å². The lowest BCUT2D eigenvalue weighted by atomic mass is 10.2. The van der Waals surface area contributed by atoms with Crippen LogP contribution in [-0.2, 0) is 16.6 Å². The van der Waals surface area contributed by atoms with Gasteiger partial charge in [0.15, 0.2) is 12.0 Å². The number of hydrogen-bond donors (Lipinski definition) is 0. The molecule has 0 aliphatic rings. The summed E-state index contributed by atoms with van der Waals surface area (Å²) in [5.41, 5.74) is 0.994. The van der Waals surface area contributed by atoms with E-state index in [1.165, 1.54) is 17.4 Å². The van der Waals surface area contributed by atoms with E-state index in [1.54, 1.807) is 30.3 Å². The molecule has 0 aliphatic heterocycles. The highest BCUT2D eigenvalue weighted by Gasteiger charge is 2.21. The Morgan fingerprint density at radius 3 is 2.35 bits per heavy atom. The maximum Gasteiger partial charge on any atom is 0.243 e. The standard InChI is InChI=1S/C14H15NO4S/c1-11-3-7-14(8-4-11)20(17,18)15(2)9-12-5-6-13(10-16)19-12/h3-8,10H,9H2,1-2H3. The number of carbonyl (C=O) groups is 1. The van der Waals surface area contributed by atoms with Crippen molar-refractivity contribution in [2.75, 3.05) is 7.05 Å². The van der Waals surface area contributed by atoms with Gasteiger partial charge >= 0.3 is 0 Å². The fourth-order valence-electron chi connectivity index (χ4n) is 1.74. The number of furan rings is 1. The van der Waals surface area contributed by atoms with Gasteiger partial charge in [0.25, 0.3) is 0 Å². The minimum atomic E-state index is -3.57. The molecular weight excluding hydrogens is 278 g/mol. The Balaban J connectivity index is 2.20. The maximum atomic E-state index is 12.3. The number of carbonyl (C=O) groups excluding carboxylic acids is 1. The molecule has 0 saturated heterocycles. The highest BCUT2D eigenvalue weighted by Crippen LogP contribution is 2.18. The molecule has 0 N–H and O–H groups in total. The van der Waals surface area contributed by atoms with Crippen LogP contribution in [0.2, 0.25) is 0 Å². The van der Waals surface area contributed by atoms with Crippen LogP contribution >= 0.6 is 0 Å². The van der Waals surface area contributed by atoms with Crippen LogP contribution in [0.5, 0.6) is 0 Å². The number of benzene rings is 1. The van der Waals surface area contributed by atoms with E-state index in [1.807, 2.05) is 6.92 Å². The van der Waals surface area contributed by atoms with Crippen LogP contribution in [0.25, 0.3) is 0 Å². The highest BCUT2D eigenvalue weighted by atomic mass is 32.2. The zero-order chi connectivity index (χ0) is 14.8. The van der Waals surface area contributed by atoms with E-state index in [9.17, 15) is 13.2 Å². The fraction of sp³-hybridized carbons (Fsp3) is 0.214. The molecule has 5 nitrogen and oxygen atoms in total. The predicted molar refractivity (Wildman–Crippen MR) is 73.9 cm³/mol. The number of aryl methyl sites for hydroxylation is 1. The third-order valence-electron chi connectivity index (χ3n) is 2.91. The van der Waals surface area contributed by atoms with E-state index < -0.39 is 10.0 Å². The molecular formula is C14H15NO4S. The largest absolute Gasteiger partial charge is 0.457 e. The van der Waals surface area contributed by atoms with Crippen molar-refractivity contribution < 1.29 is 17.6 Å². The molecule has 106 valence electrons. The van der Waals surface area contributed by atoms with Gasteiger partial charge in [-0.3, -0.25) is 4.79 Å². The molecule has 2 aromatic rings. The van der Waals surface area contributed by atoms with Crippen molar-refractivity contribution >= 4 is 16.3 Å². The van der Waals surface area contributed by atoms with Crippen molar-refractivity contribution in [3.05, 3.63) is 53.5 Å². The van der Waals surface area contributed by atoms with Crippen molar-refractivity contribution in [3.8, 4) is 0 Å². The van der Waals surface area contributed by atoms with Crippen LogP contribution in [0.15, 0.2) is 45.7 Å². The van der Waals surface area contributed by atoms with Crippen LogP contribution in [0.3, 0.4) is 0 Å². The quantitative estimate of drug-likeness (QED) is 0.793. The first kappa shape index (κ1) is 14.5. The van der Waals surface area contributed by atoms with Gasteiger partial charge in [-0.25, -0.2) is 8.42 Å². The third kappa shape index (κ3) is 2.97. The van der Waals surface area contributed by atoms with Crippen molar-refractivity contribution in [1.82, 2.24) is 4.31 Å². The summed E-state index contributed by atoms with van der Waals surface area (Å²) in [5.74, 6) is 0.603. The number of hydrogen-bond acceptors (Lipinski definition) is 4. The van der Waals surface area contributed by atoms with E-state index >= 15 is 0 Å². The lowest BCUT2D eigenvalue weighted by molar-refractivity contribution is 0.109. The van der Waals surface area contributed by atoms with Crippen LogP contribution in [0.4, 0.5) is 0 Å². The zero-order valence-corrected chi connectivity index (χ0v) is 12.1. The fourth-order valence-corrected chi connectivity index (χ4v) is 2.87. The summed E-state index contributed by atoms with van der Waals surface area (Å²) in [6.45, 7) is 1.97. The Morgan fingerprint density at radius 1 is 1.15 bits per heavy atom. The molecule has 0 unspecified atom stereocenters. The molecule has 0 radical (unpaired) electrons. The summed E-state index contributed by atoms with van der Waals surface area (Å²) >= 11 is 0. The Bertz CT molecular complexity index is 701. The average Bonchev–Trinajstić information content (AvgIpc) is 2.87. The van der Waals surface area contributed by atoms with E-state index in [4.69, 9.17) is 4.42 Å². The van der Waals surface area contributed by atoms with Crippen LogP contribution in [-0.4, -0.2) is 26.1 Å². The molecule has 1 heterocycles. The Morgan fingerprint density at radius 2 is 1.80 bits per heavy atom. The molecule has 0 atom stereocenters. The molecule has 1 aromatic heterocycles. The van der Waals surface area contributed by atoms with Crippen molar-refractivity contribution in [2.45, 2.75) is 18.4 Å². The molecule has 6 heteroatoms. The summed E-state index contributed by atoms with van der Waals surface area (Å²) in [4.78, 5) is 10.8. The minimum Gasteiger partial charge on any atom is -0.457 e. The number of nitrogens with zero attached hydrogens (tertiary/aromatic N) is 1. The van der Waals surface area contributed by atoms with Gasteiger partial charge in [-0.15, -0.1) is 0 Å². The summed E-state index contributed by atoms with van der Waals surface area (Å²) in [7, 11) is -2.10. The third-order valence-corrected chi connectivity index (χ3v) is 4.72. The second-order valence-corrected chi connectivity index (χ2v) is 6.54. The molecule has 0 fully saturated rings. The predicted octanol–water partition coefficient (Wildman–Crippen LogP) is 2.22. The van der Waals surface area contributed by atoms with Gasteiger partial charge in [-0.2, -0.15) is 4.31 Å². The van der Waals surface area contributed by atoms with Gasteiger partial charge in [0.05, 0.1) is 11.4 Å². The van der Waals surface area contributed by atoms with Gasteiger partial charge in [0.1, 0.15) is 5.76 Å². The first-order valence-electron chi connectivity index (χ1n) is 6.00. The Labute approximate surface area is 117 Å². The maximum absolute atomic E-state index is 12.3. The molecule has 0 saturated carbocycles. The van der Waals surface area contributed by atoms with Crippen molar-refractivity contribution in [3.63, 3.8) is 0 Å². The zero-order valence-electron chi connectivity index (χ0n) is 11.2. The number of rotatable bonds is 5. The first-order valence-corrected chi connectivity index (χ1v) is 7.44. The number of sulfonamides is 1. The molecule has 0 bridgehead atoms. The van der Waals surface area contributed by atoms with E-state index in [-0.39, 0.29) is 17.2 Å². The molecule has 2 rings (SSSR count). The van der Waals surface area contributed by atoms with Gasteiger partial charge in [-0.1, -0.05) is 17.7 Å². The molecule has 20 heavy (non-hydrogen) atoms. The summed E-state index contributed by atoms with van der Waals surface area (Å²) in [6, 6.07) is 9.73. The average molecular weight is 293 g/mol. The van der Waals surface area contributed by atoms with Crippen LogP contribution in [0, 0.1) is 6.92 Å². The number of aldehydes is 1. The SMILES string of the molecule is Cc1ccc(S(=O)(=O)N(C)Cc2ccc(C=O)o2)cc1. The summed E-state index contributed by atoms with van der Waals surface area (Å²) < 4.78 is 31.0. The lowest BCUT2D eigenvalue weighted by Crippen LogP contribution is -2.26. The van der Waals surface area contributed by atoms with Crippen LogP contribution < -0.4 is 0 Å². The topological polar surface area (TPSA) is 67.6 Å². The second kappa shape index (κ2) is 5.60. The molecule has 0 spiro atoms. The smallest absolute Gasteiger partial charge is 0.243 e. The van der Waals surface area contributed by atoms with E-state index in [0.29, 0.717) is 12.0 Å². The van der Waals surface area contributed by atoms with Gasteiger partial charge < -0.3 is 4.42 Å².